The highest BCUT2D eigenvalue weighted by atomic mass is 35.5. The molecule has 1 atom stereocenters. The van der Waals surface area contributed by atoms with Gasteiger partial charge in [-0.15, -0.1) is 0 Å². The van der Waals surface area contributed by atoms with Gasteiger partial charge in [0, 0.05) is 12.0 Å². The highest BCUT2D eigenvalue weighted by molar-refractivity contribution is 7.91. The predicted octanol–water partition coefficient (Wildman–Crippen LogP) is 1.59. The lowest BCUT2D eigenvalue weighted by atomic mass is 10.1. The fraction of sp³-hybridized carbons (Fsp3) is 0.429. The zero-order valence-electron chi connectivity index (χ0n) is 12.8. The summed E-state index contributed by atoms with van der Waals surface area (Å²) in [5.74, 6) is -0.943. The topological polar surface area (TPSA) is 102 Å². The van der Waals surface area contributed by atoms with Crippen molar-refractivity contribution in [3.05, 3.63) is 27.7 Å². The molecule has 1 aliphatic heterocycles. The molecule has 10 heteroatoms. The Balaban J connectivity index is 1.90. The normalized spacial score (nSPS) is 18.9. The van der Waals surface area contributed by atoms with Crippen LogP contribution in [0.25, 0.3) is 0 Å². The van der Waals surface area contributed by atoms with Gasteiger partial charge in [0.25, 0.3) is 5.91 Å². The Hall–Kier alpha value is -1.51. The van der Waals surface area contributed by atoms with Crippen LogP contribution in [0.5, 0.6) is 5.75 Å². The first-order valence-electron chi connectivity index (χ1n) is 7.04. The number of carbonyl (C=O) groups is 2. The van der Waals surface area contributed by atoms with Crippen LogP contribution >= 0.6 is 23.2 Å². The Morgan fingerprint density at radius 2 is 1.88 bits per heavy atom. The van der Waals surface area contributed by atoms with Crippen molar-refractivity contribution in [3.63, 3.8) is 0 Å². The highest BCUT2D eigenvalue weighted by Gasteiger charge is 2.29. The van der Waals surface area contributed by atoms with Crippen LogP contribution in [0.1, 0.15) is 23.2 Å². The van der Waals surface area contributed by atoms with Crippen molar-refractivity contribution < 1.29 is 22.7 Å². The number of halogens is 2. The van der Waals surface area contributed by atoms with Gasteiger partial charge in [0.15, 0.2) is 15.6 Å². The van der Waals surface area contributed by atoms with E-state index in [4.69, 9.17) is 27.9 Å². The second-order valence-electron chi connectivity index (χ2n) is 5.45. The highest BCUT2D eigenvalue weighted by Crippen LogP contribution is 2.33. The molecule has 0 bridgehead atoms. The molecule has 2 N–H and O–H groups in total. The Morgan fingerprint density at radius 1 is 1.25 bits per heavy atom. The van der Waals surface area contributed by atoms with Crippen LogP contribution in [-0.4, -0.2) is 38.8 Å². The average Bonchev–Trinajstić information content (AvgIpc) is 2.83. The molecule has 1 aromatic carbocycles. The molecule has 1 heterocycles. The summed E-state index contributed by atoms with van der Waals surface area (Å²) < 4.78 is 27.7. The molecule has 24 heavy (non-hydrogen) atoms. The molecule has 1 aromatic rings. The minimum absolute atomic E-state index is 0.00192. The maximum atomic E-state index is 12.0. The average molecular weight is 395 g/mol. The molecule has 0 aromatic heterocycles. The Labute approximate surface area is 149 Å². The van der Waals surface area contributed by atoms with Crippen LogP contribution in [0, 0.1) is 5.92 Å². The monoisotopic (exact) mass is 394 g/mol. The zero-order chi connectivity index (χ0) is 17.9. The Morgan fingerprint density at radius 3 is 2.38 bits per heavy atom. The second kappa shape index (κ2) is 7.58. The molecule has 1 saturated heterocycles. The lowest BCUT2D eigenvalue weighted by Crippen LogP contribution is -2.42. The van der Waals surface area contributed by atoms with Crippen molar-refractivity contribution in [2.75, 3.05) is 18.6 Å². The van der Waals surface area contributed by atoms with Gasteiger partial charge in [0.1, 0.15) is 0 Å². The van der Waals surface area contributed by atoms with E-state index in [0.29, 0.717) is 6.42 Å². The van der Waals surface area contributed by atoms with Gasteiger partial charge >= 0.3 is 0 Å². The van der Waals surface area contributed by atoms with E-state index in [1.165, 1.54) is 19.2 Å². The molecule has 0 unspecified atom stereocenters. The smallest absolute Gasteiger partial charge is 0.269 e. The van der Waals surface area contributed by atoms with Crippen molar-refractivity contribution in [1.29, 1.82) is 0 Å². The third kappa shape index (κ3) is 4.75. The zero-order valence-corrected chi connectivity index (χ0v) is 15.1. The van der Waals surface area contributed by atoms with E-state index in [1.54, 1.807) is 0 Å². The minimum atomic E-state index is -3.04. The lowest BCUT2D eigenvalue weighted by Gasteiger charge is -2.11. The number of sulfone groups is 1. The number of methoxy groups -OCH3 is 1. The van der Waals surface area contributed by atoms with Gasteiger partial charge < -0.3 is 4.74 Å². The van der Waals surface area contributed by atoms with Crippen LogP contribution < -0.4 is 15.6 Å². The van der Waals surface area contributed by atoms with E-state index in [2.05, 4.69) is 10.9 Å². The van der Waals surface area contributed by atoms with Crippen LogP contribution in [0.3, 0.4) is 0 Å². The summed E-state index contributed by atoms with van der Waals surface area (Å²) in [5.41, 5.74) is 4.64. The Kier molecular flexibility index (Phi) is 5.95. The second-order valence-corrected chi connectivity index (χ2v) is 8.49. The van der Waals surface area contributed by atoms with Crippen molar-refractivity contribution in [2.45, 2.75) is 12.8 Å². The van der Waals surface area contributed by atoms with Crippen molar-refractivity contribution >= 4 is 44.9 Å². The molecule has 0 spiro atoms. The molecule has 2 amide bonds. The number of benzene rings is 1. The van der Waals surface area contributed by atoms with Crippen LogP contribution in [0.2, 0.25) is 10.0 Å². The van der Waals surface area contributed by atoms with Crippen molar-refractivity contribution in [3.8, 4) is 5.75 Å². The van der Waals surface area contributed by atoms with Gasteiger partial charge in [0.05, 0.1) is 28.7 Å². The number of ether oxygens (including phenoxy) is 1. The molecule has 132 valence electrons. The number of hydrazine groups is 1. The summed E-state index contributed by atoms with van der Waals surface area (Å²) in [6, 6.07) is 2.72. The summed E-state index contributed by atoms with van der Waals surface area (Å²) in [7, 11) is -1.64. The van der Waals surface area contributed by atoms with Gasteiger partial charge in [-0.1, -0.05) is 23.2 Å². The first-order valence-corrected chi connectivity index (χ1v) is 9.62. The van der Waals surface area contributed by atoms with Gasteiger partial charge in [-0.25, -0.2) is 8.42 Å². The molecular weight excluding hydrogens is 379 g/mol. The van der Waals surface area contributed by atoms with E-state index < -0.39 is 21.7 Å². The fourth-order valence-electron chi connectivity index (χ4n) is 2.43. The van der Waals surface area contributed by atoms with E-state index in [9.17, 15) is 18.0 Å². The minimum Gasteiger partial charge on any atom is -0.494 e. The third-order valence-electron chi connectivity index (χ3n) is 3.58. The molecule has 7 nitrogen and oxygen atoms in total. The van der Waals surface area contributed by atoms with E-state index in [-0.39, 0.29) is 45.2 Å². The van der Waals surface area contributed by atoms with E-state index in [1.807, 2.05) is 0 Å². The summed E-state index contributed by atoms with van der Waals surface area (Å²) in [5, 5.41) is 0.329. The van der Waals surface area contributed by atoms with Gasteiger partial charge in [0.2, 0.25) is 5.91 Å². The molecule has 2 rings (SSSR count). The Bertz CT molecular complexity index is 743. The van der Waals surface area contributed by atoms with Crippen LogP contribution in [-0.2, 0) is 14.6 Å². The van der Waals surface area contributed by atoms with E-state index in [0.717, 1.165) is 0 Å². The number of nitrogens with one attached hydrogen (secondary N) is 2. The van der Waals surface area contributed by atoms with Gasteiger partial charge in [-0.2, -0.15) is 0 Å². The third-order valence-corrected chi connectivity index (χ3v) is 5.98. The number of amides is 2. The summed E-state index contributed by atoms with van der Waals surface area (Å²) in [6.45, 7) is 0. The summed E-state index contributed by atoms with van der Waals surface area (Å²) in [6.07, 6.45) is 0.483. The first-order chi connectivity index (χ1) is 11.2. The van der Waals surface area contributed by atoms with Crippen LogP contribution in [0.4, 0.5) is 0 Å². The SMILES string of the molecule is COc1c(Cl)cc(C(=O)NNC(=O)C[C@H]2CCS(=O)(=O)C2)cc1Cl. The largest absolute Gasteiger partial charge is 0.494 e. The number of hydrogen-bond acceptors (Lipinski definition) is 5. The van der Waals surface area contributed by atoms with Crippen molar-refractivity contribution in [2.24, 2.45) is 5.92 Å². The molecular formula is C14H16Cl2N2O5S. The molecule has 0 radical (unpaired) electrons. The number of carbonyl (C=O) groups excluding carboxylic acids is 2. The number of hydrogen-bond donors (Lipinski definition) is 2. The van der Waals surface area contributed by atoms with Crippen LogP contribution in [0.15, 0.2) is 12.1 Å². The van der Waals surface area contributed by atoms with Gasteiger partial charge in [-0.05, 0) is 24.5 Å². The van der Waals surface area contributed by atoms with Gasteiger partial charge in [-0.3, -0.25) is 20.4 Å². The number of rotatable bonds is 4. The first kappa shape index (κ1) is 18.8. The molecule has 1 aliphatic rings. The lowest BCUT2D eigenvalue weighted by molar-refractivity contribution is -0.122. The maximum Gasteiger partial charge on any atom is 0.269 e. The van der Waals surface area contributed by atoms with E-state index >= 15 is 0 Å². The molecule has 0 saturated carbocycles. The molecule has 0 aliphatic carbocycles. The quantitative estimate of drug-likeness (QED) is 0.754. The fourth-order valence-corrected chi connectivity index (χ4v) is 4.93. The summed E-state index contributed by atoms with van der Waals surface area (Å²) in [4.78, 5) is 23.8. The predicted molar refractivity (Wildman–Crippen MR) is 90.0 cm³/mol. The maximum absolute atomic E-state index is 12.0. The standard InChI is InChI=1S/C14H16Cl2N2O5S/c1-23-13-10(15)5-9(6-11(13)16)14(20)18-17-12(19)4-8-2-3-24(21,22)7-8/h5-6,8H,2-4,7H2,1H3,(H,17,19)(H,18,20)/t8-/m1/s1. The summed E-state index contributed by atoms with van der Waals surface area (Å²) >= 11 is 11.9. The molecule has 1 fully saturated rings. The van der Waals surface area contributed by atoms with Crippen molar-refractivity contribution in [1.82, 2.24) is 10.9 Å².